The lowest BCUT2D eigenvalue weighted by Gasteiger charge is -2.43. The van der Waals surface area contributed by atoms with E-state index in [4.69, 9.17) is 9.57 Å². The van der Waals surface area contributed by atoms with Gasteiger partial charge in [0.25, 0.3) is 0 Å². The first-order valence-electron chi connectivity index (χ1n) is 17.8. The molecule has 1 aliphatic rings. The number of ether oxygens (including phenoxy) is 1. The van der Waals surface area contributed by atoms with Crippen molar-refractivity contribution in [2.45, 2.75) is 30.6 Å². The summed E-state index contributed by atoms with van der Waals surface area (Å²) >= 11 is 2.05. The van der Waals surface area contributed by atoms with Crippen molar-refractivity contribution in [2.75, 3.05) is 25.6 Å². The standard InChI is InChI=1S/C46H44N2O2S/c1-2-45(39-27-25-38(26-28-39)37-15-7-3-8-16-37)47-50-32-31-49-43-29-23-36(24-30-43)33-44-34-48(35-51-44)46(40-17-9-4-10-18-40,41-19-11-5-12-20-41)42-21-13-6-14-22-42/h3-30,44H,2,31-35H2,1H3. The van der Waals surface area contributed by atoms with Crippen LogP contribution in [0.1, 0.15) is 41.2 Å². The van der Waals surface area contributed by atoms with Crippen molar-refractivity contribution in [2.24, 2.45) is 5.16 Å². The third-order valence-electron chi connectivity index (χ3n) is 9.60. The fraction of sp³-hybridized carbons (Fsp3) is 0.196. The summed E-state index contributed by atoms with van der Waals surface area (Å²) in [7, 11) is 0. The van der Waals surface area contributed by atoms with Crippen molar-refractivity contribution >= 4 is 17.5 Å². The third kappa shape index (κ3) is 7.96. The Morgan fingerprint density at radius 2 is 1.18 bits per heavy atom. The highest BCUT2D eigenvalue weighted by molar-refractivity contribution is 8.00. The Kier molecular flexibility index (Phi) is 11.3. The van der Waals surface area contributed by atoms with E-state index in [9.17, 15) is 0 Å². The van der Waals surface area contributed by atoms with Gasteiger partial charge in [-0.1, -0.05) is 170 Å². The van der Waals surface area contributed by atoms with Gasteiger partial charge in [-0.15, -0.1) is 11.8 Å². The predicted octanol–water partition coefficient (Wildman–Crippen LogP) is 10.5. The van der Waals surface area contributed by atoms with Gasteiger partial charge in [-0.3, -0.25) is 4.90 Å². The molecule has 1 heterocycles. The van der Waals surface area contributed by atoms with Crippen LogP contribution in [0.15, 0.2) is 175 Å². The Balaban J connectivity index is 0.953. The van der Waals surface area contributed by atoms with Crippen LogP contribution in [0, 0.1) is 0 Å². The molecule has 5 heteroatoms. The van der Waals surface area contributed by atoms with Gasteiger partial charge in [0.1, 0.15) is 12.4 Å². The number of thioether (sulfide) groups is 1. The maximum absolute atomic E-state index is 6.02. The Morgan fingerprint density at radius 3 is 1.73 bits per heavy atom. The van der Waals surface area contributed by atoms with Crippen molar-refractivity contribution in [3.8, 4) is 16.9 Å². The molecule has 256 valence electrons. The molecule has 6 aromatic carbocycles. The summed E-state index contributed by atoms with van der Waals surface area (Å²) in [6.45, 7) is 3.89. The summed E-state index contributed by atoms with van der Waals surface area (Å²) in [5.74, 6) is 1.79. The summed E-state index contributed by atoms with van der Waals surface area (Å²) in [5.41, 5.74) is 9.22. The molecular weight excluding hydrogens is 645 g/mol. The first-order valence-corrected chi connectivity index (χ1v) is 18.9. The molecule has 0 amide bonds. The second-order valence-electron chi connectivity index (χ2n) is 12.8. The zero-order valence-electron chi connectivity index (χ0n) is 29.1. The van der Waals surface area contributed by atoms with Crippen molar-refractivity contribution < 1.29 is 9.57 Å². The van der Waals surface area contributed by atoms with Crippen LogP contribution in [-0.2, 0) is 16.8 Å². The minimum Gasteiger partial charge on any atom is -0.490 e. The lowest BCUT2D eigenvalue weighted by atomic mass is 9.75. The average molecular weight is 689 g/mol. The predicted molar refractivity (Wildman–Crippen MR) is 212 cm³/mol. The molecule has 0 radical (unpaired) electrons. The monoisotopic (exact) mass is 688 g/mol. The summed E-state index contributed by atoms with van der Waals surface area (Å²) < 4.78 is 6.02. The largest absolute Gasteiger partial charge is 0.490 e. The quantitative estimate of drug-likeness (QED) is 0.0494. The van der Waals surface area contributed by atoms with Gasteiger partial charge in [-0.25, -0.2) is 0 Å². The van der Waals surface area contributed by atoms with Gasteiger partial charge in [0.2, 0.25) is 0 Å². The molecule has 0 N–H and O–H groups in total. The van der Waals surface area contributed by atoms with Gasteiger partial charge in [-0.2, -0.15) is 0 Å². The molecule has 51 heavy (non-hydrogen) atoms. The fourth-order valence-corrected chi connectivity index (χ4v) is 8.39. The average Bonchev–Trinajstić information content (AvgIpc) is 3.67. The summed E-state index contributed by atoms with van der Waals surface area (Å²) in [6, 6.07) is 60.4. The highest BCUT2D eigenvalue weighted by Gasteiger charge is 2.45. The van der Waals surface area contributed by atoms with Crippen LogP contribution >= 0.6 is 11.8 Å². The van der Waals surface area contributed by atoms with Crippen molar-refractivity contribution in [3.05, 3.63) is 198 Å². The maximum atomic E-state index is 6.02. The van der Waals surface area contributed by atoms with Gasteiger partial charge in [0.05, 0.1) is 11.3 Å². The first kappa shape index (κ1) is 34.4. The molecule has 4 nitrogen and oxygen atoms in total. The molecule has 0 spiro atoms. The van der Waals surface area contributed by atoms with Gasteiger partial charge in [0, 0.05) is 17.7 Å². The molecule has 6 aromatic rings. The number of rotatable bonds is 14. The number of nitrogens with zero attached hydrogens (tertiary/aromatic N) is 2. The number of oxime groups is 1. The van der Waals surface area contributed by atoms with Crippen LogP contribution in [0.2, 0.25) is 0 Å². The summed E-state index contributed by atoms with van der Waals surface area (Å²) in [6.07, 6.45) is 1.79. The summed E-state index contributed by atoms with van der Waals surface area (Å²) in [4.78, 5) is 8.35. The highest BCUT2D eigenvalue weighted by Crippen LogP contribution is 2.46. The highest BCUT2D eigenvalue weighted by atomic mass is 32.2. The smallest absolute Gasteiger partial charge is 0.151 e. The van der Waals surface area contributed by atoms with E-state index < -0.39 is 0 Å². The van der Waals surface area contributed by atoms with Crippen LogP contribution in [0.25, 0.3) is 11.1 Å². The van der Waals surface area contributed by atoms with E-state index in [1.165, 1.54) is 33.4 Å². The van der Waals surface area contributed by atoms with E-state index >= 15 is 0 Å². The van der Waals surface area contributed by atoms with Crippen molar-refractivity contribution in [1.29, 1.82) is 0 Å². The van der Waals surface area contributed by atoms with E-state index in [2.05, 4.69) is 181 Å². The minimum atomic E-state index is -0.375. The number of benzene rings is 6. The zero-order valence-corrected chi connectivity index (χ0v) is 29.9. The topological polar surface area (TPSA) is 34.1 Å². The van der Waals surface area contributed by atoms with Gasteiger partial charge in [0.15, 0.2) is 6.61 Å². The molecule has 1 fully saturated rings. The van der Waals surface area contributed by atoms with Crippen LogP contribution < -0.4 is 4.74 Å². The second-order valence-corrected chi connectivity index (χ2v) is 14.1. The Morgan fingerprint density at radius 1 is 0.647 bits per heavy atom. The molecule has 1 atom stereocenters. The molecule has 1 unspecified atom stereocenters. The Hall–Kier alpha value is -5.10. The molecule has 1 aliphatic heterocycles. The molecule has 0 saturated carbocycles. The lowest BCUT2D eigenvalue weighted by molar-refractivity contribution is 0.107. The Labute approximate surface area is 306 Å². The number of hydrogen-bond donors (Lipinski definition) is 0. The van der Waals surface area contributed by atoms with E-state index in [1.54, 1.807) is 0 Å². The SMILES string of the molecule is CCC(=NOCCOc1ccc(CC2CN(C(c3ccccc3)(c3ccccc3)c3ccccc3)CS2)cc1)c1ccc(-c2ccccc2)cc1. The normalized spacial score (nSPS) is 15.1. The molecule has 0 aliphatic carbocycles. The third-order valence-corrected chi connectivity index (χ3v) is 10.9. The maximum Gasteiger partial charge on any atom is 0.151 e. The van der Waals surface area contributed by atoms with Crippen molar-refractivity contribution in [3.63, 3.8) is 0 Å². The van der Waals surface area contributed by atoms with E-state index in [0.717, 1.165) is 42.3 Å². The molecule has 0 bridgehead atoms. The Bertz CT molecular complexity index is 1870. The van der Waals surface area contributed by atoms with Crippen LogP contribution in [0.5, 0.6) is 5.75 Å². The van der Waals surface area contributed by atoms with Crippen LogP contribution in [-0.4, -0.2) is 41.5 Å². The second kappa shape index (κ2) is 16.7. The lowest BCUT2D eigenvalue weighted by Crippen LogP contribution is -2.47. The summed E-state index contributed by atoms with van der Waals surface area (Å²) in [5, 5.41) is 4.90. The van der Waals surface area contributed by atoms with Gasteiger partial charge < -0.3 is 9.57 Å². The minimum absolute atomic E-state index is 0.375. The van der Waals surface area contributed by atoms with Crippen LogP contribution in [0.4, 0.5) is 0 Å². The fourth-order valence-electron chi connectivity index (χ4n) is 7.10. The zero-order chi connectivity index (χ0) is 34.7. The van der Waals surface area contributed by atoms with Gasteiger partial charge in [-0.05, 0) is 63.9 Å². The van der Waals surface area contributed by atoms with Crippen molar-refractivity contribution in [1.82, 2.24) is 4.90 Å². The molecule has 1 saturated heterocycles. The molecular formula is C46H44N2O2S. The van der Waals surface area contributed by atoms with Gasteiger partial charge >= 0.3 is 0 Å². The first-order chi connectivity index (χ1) is 25.2. The number of hydrogen-bond acceptors (Lipinski definition) is 5. The molecule has 0 aromatic heterocycles. The van der Waals surface area contributed by atoms with E-state index in [1.807, 2.05) is 17.8 Å². The van der Waals surface area contributed by atoms with Crippen LogP contribution in [0.3, 0.4) is 0 Å². The van der Waals surface area contributed by atoms with E-state index in [-0.39, 0.29) is 5.54 Å². The molecule has 7 rings (SSSR count). The van der Waals surface area contributed by atoms with E-state index in [0.29, 0.717) is 18.5 Å².